The van der Waals surface area contributed by atoms with E-state index in [1.165, 1.54) is 28.8 Å². The van der Waals surface area contributed by atoms with Gasteiger partial charge in [0.05, 0.1) is 10.6 Å². The summed E-state index contributed by atoms with van der Waals surface area (Å²) in [5.41, 5.74) is 1.31. The molecule has 3 aromatic rings. The number of amides is 2. The number of halogens is 2. The molecular weight excluding hydrogens is 613 g/mol. The second-order valence-corrected chi connectivity index (χ2v) is 14.5. The van der Waals surface area contributed by atoms with Gasteiger partial charge < -0.3 is 10.2 Å². The molecule has 1 N–H and O–H groups in total. The predicted molar refractivity (Wildman–Crippen MR) is 173 cm³/mol. The van der Waals surface area contributed by atoms with Crippen molar-refractivity contribution in [1.82, 2.24) is 10.2 Å². The molecule has 0 bridgehead atoms. The van der Waals surface area contributed by atoms with Gasteiger partial charge in [-0.25, -0.2) is 8.42 Å². The molecule has 0 aliphatic heterocycles. The first-order valence-electron chi connectivity index (χ1n) is 13.4. The molecule has 0 saturated heterocycles. The summed E-state index contributed by atoms with van der Waals surface area (Å²) < 4.78 is 29.1. The van der Waals surface area contributed by atoms with Gasteiger partial charge in [-0.15, -0.1) is 11.8 Å². The van der Waals surface area contributed by atoms with Crippen molar-refractivity contribution in [3.63, 3.8) is 0 Å². The number of carbonyl (C=O) groups excluding carboxylic acids is 2. The Labute approximate surface area is 263 Å². The van der Waals surface area contributed by atoms with Crippen LogP contribution >= 0.6 is 35.0 Å². The molecule has 3 rings (SSSR count). The first kappa shape index (κ1) is 33.8. The maximum absolute atomic E-state index is 14.2. The minimum absolute atomic E-state index is 0.0187. The Bertz CT molecular complexity index is 1510. The molecule has 3 aromatic carbocycles. The van der Waals surface area contributed by atoms with Gasteiger partial charge in [0.15, 0.2) is 0 Å². The smallest absolute Gasteiger partial charge is 0.264 e. The number of rotatable bonds is 11. The molecule has 0 saturated carbocycles. The van der Waals surface area contributed by atoms with Crippen LogP contribution in [0.1, 0.15) is 45.2 Å². The van der Waals surface area contributed by atoms with Crippen LogP contribution in [0.4, 0.5) is 5.69 Å². The van der Waals surface area contributed by atoms with E-state index >= 15 is 0 Å². The molecule has 0 aromatic heterocycles. The van der Waals surface area contributed by atoms with Crippen molar-refractivity contribution in [3.8, 4) is 0 Å². The second-order valence-electron chi connectivity index (χ2n) is 10.9. The van der Waals surface area contributed by atoms with E-state index in [9.17, 15) is 18.0 Å². The zero-order chi connectivity index (χ0) is 31.2. The minimum Gasteiger partial charge on any atom is -0.350 e. The number of thioether (sulfide) groups is 1. The van der Waals surface area contributed by atoms with Gasteiger partial charge >= 0.3 is 0 Å². The first-order valence-corrected chi connectivity index (χ1v) is 16.9. The van der Waals surface area contributed by atoms with Gasteiger partial charge in [-0.2, -0.15) is 0 Å². The number of aryl methyl sites for hydroxylation is 1. The molecule has 0 aliphatic rings. The van der Waals surface area contributed by atoms with Crippen LogP contribution in [-0.4, -0.2) is 49.5 Å². The van der Waals surface area contributed by atoms with Crippen molar-refractivity contribution in [2.24, 2.45) is 0 Å². The van der Waals surface area contributed by atoms with Crippen LogP contribution in [0.25, 0.3) is 0 Å². The van der Waals surface area contributed by atoms with Gasteiger partial charge in [0.1, 0.15) is 12.6 Å². The van der Waals surface area contributed by atoms with Crippen LogP contribution in [0.15, 0.2) is 76.5 Å². The summed E-state index contributed by atoms with van der Waals surface area (Å²) in [4.78, 5) is 30.0. The van der Waals surface area contributed by atoms with Crippen LogP contribution in [0, 0.1) is 6.92 Å². The highest BCUT2D eigenvalue weighted by Gasteiger charge is 2.35. The highest BCUT2D eigenvalue weighted by atomic mass is 35.5. The number of carbonyl (C=O) groups is 2. The van der Waals surface area contributed by atoms with Crippen LogP contribution in [-0.2, 0) is 26.2 Å². The van der Waals surface area contributed by atoms with Crippen molar-refractivity contribution < 1.29 is 18.0 Å². The zero-order valence-corrected chi connectivity index (χ0v) is 27.8. The summed E-state index contributed by atoms with van der Waals surface area (Å²) >= 11 is 14.1. The fourth-order valence-corrected chi connectivity index (χ4v) is 6.61. The number of anilines is 1. The number of hydrogen-bond donors (Lipinski definition) is 1. The van der Waals surface area contributed by atoms with Gasteiger partial charge in [-0.1, -0.05) is 53.9 Å². The van der Waals surface area contributed by atoms with Gasteiger partial charge in [0.2, 0.25) is 11.8 Å². The fourth-order valence-electron chi connectivity index (χ4n) is 4.32. The lowest BCUT2D eigenvalue weighted by molar-refractivity contribution is -0.141. The van der Waals surface area contributed by atoms with Crippen molar-refractivity contribution in [3.05, 3.63) is 87.9 Å². The van der Waals surface area contributed by atoms with E-state index < -0.39 is 34.1 Å². The molecule has 42 heavy (non-hydrogen) atoms. The third kappa shape index (κ3) is 8.66. The summed E-state index contributed by atoms with van der Waals surface area (Å²) in [5.74, 6) is -0.900. The Morgan fingerprint density at radius 3 is 2.12 bits per heavy atom. The van der Waals surface area contributed by atoms with Gasteiger partial charge in [-0.3, -0.25) is 13.9 Å². The molecule has 7 nitrogen and oxygen atoms in total. The third-order valence-corrected chi connectivity index (χ3v) is 9.61. The number of nitrogens with one attached hydrogen (secondary N) is 1. The van der Waals surface area contributed by atoms with Crippen molar-refractivity contribution >= 4 is 62.5 Å². The predicted octanol–water partition coefficient (Wildman–Crippen LogP) is 6.94. The quantitative estimate of drug-likeness (QED) is 0.227. The van der Waals surface area contributed by atoms with Crippen molar-refractivity contribution in [2.45, 2.75) is 69.0 Å². The van der Waals surface area contributed by atoms with E-state index in [4.69, 9.17) is 23.2 Å². The standard InChI is InChI=1S/C31H37Cl2N3O4S2/c1-7-28(30(38)34-31(3,4)5)35(19-22-10-11-23(32)18-27(22)33)29(37)20-36(24-12-8-21(2)9-13-24)42(39,40)26-16-14-25(41-6)15-17-26/h8-18,28H,7,19-20H2,1-6H3,(H,34,38). The average molecular weight is 651 g/mol. The Morgan fingerprint density at radius 1 is 0.976 bits per heavy atom. The second kappa shape index (κ2) is 14.2. The van der Waals surface area contributed by atoms with Crippen molar-refractivity contribution in [2.75, 3.05) is 17.1 Å². The van der Waals surface area contributed by atoms with E-state index in [1.54, 1.807) is 61.5 Å². The number of benzene rings is 3. The minimum atomic E-state index is -4.16. The summed E-state index contributed by atoms with van der Waals surface area (Å²) in [6.45, 7) is 8.72. The zero-order valence-electron chi connectivity index (χ0n) is 24.6. The van der Waals surface area contributed by atoms with E-state index in [2.05, 4.69) is 5.32 Å². The molecule has 0 aliphatic carbocycles. The molecule has 0 fully saturated rings. The molecule has 1 atom stereocenters. The summed E-state index contributed by atoms with van der Waals surface area (Å²) in [5, 5.41) is 3.72. The van der Waals surface area contributed by atoms with E-state index in [1.807, 2.05) is 34.0 Å². The maximum Gasteiger partial charge on any atom is 0.264 e. The summed E-state index contributed by atoms with van der Waals surface area (Å²) in [7, 11) is -4.16. The molecule has 2 amide bonds. The van der Waals surface area contributed by atoms with Crippen molar-refractivity contribution in [1.29, 1.82) is 0 Å². The Balaban J connectivity index is 2.09. The summed E-state index contributed by atoms with van der Waals surface area (Å²) in [6.07, 6.45) is 2.20. The largest absolute Gasteiger partial charge is 0.350 e. The molecule has 226 valence electrons. The lowest BCUT2D eigenvalue weighted by Crippen LogP contribution is -2.55. The van der Waals surface area contributed by atoms with Crippen LogP contribution in [0.5, 0.6) is 0 Å². The molecule has 1 unspecified atom stereocenters. The average Bonchev–Trinajstić information content (AvgIpc) is 2.92. The van der Waals surface area contributed by atoms with E-state index in [-0.39, 0.29) is 17.3 Å². The third-order valence-electron chi connectivity index (χ3n) is 6.49. The Kier molecular flexibility index (Phi) is 11.4. The monoisotopic (exact) mass is 649 g/mol. The van der Waals surface area contributed by atoms with E-state index in [0.717, 1.165) is 14.8 Å². The first-order chi connectivity index (χ1) is 19.7. The fraction of sp³-hybridized carbons (Fsp3) is 0.355. The highest BCUT2D eigenvalue weighted by Crippen LogP contribution is 2.28. The SMILES string of the molecule is CCC(C(=O)NC(C)(C)C)N(Cc1ccc(Cl)cc1Cl)C(=O)CN(c1ccc(C)cc1)S(=O)(=O)c1ccc(SC)cc1. The number of nitrogens with zero attached hydrogens (tertiary/aromatic N) is 2. The molecule has 0 heterocycles. The normalized spacial score (nSPS) is 12.5. The lowest BCUT2D eigenvalue weighted by Gasteiger charge is -2.35. The van der Waals surface area contributed by atoms with Gasteiger partial charge in [0, 0.05) is 27.0 Å². The molecule has 0 spiro atoms. The van der Waals surface area contributed by atoms with Crippen LogP contribution in [0.3, 0.4) is 0 Å². The lowest BCUT2D eigenvalue weighted by atomic mass is 10.1. The topological polar surface area (TPSA) is 86.8 Å². The summed E-state index contributed by atoms with van der Waals surface area (Å²) in [6, 6.07) is 17.5. The molecule has 0 radical (unpaired) electrons. The Morgan fingerprint density at radius 2 is 1.60 bits per heavy atom. The molecule has 11 heteroatoms. The van der Waals surface area contributed by atoms with Gasteiger partial charge in [-0.05, 0) is 94.5 Å². The van der Waals surface area contributed by atoms with Crippen LogP contribution in [0.2, 0.25) is 10.0 Å². The number of sulfonamides is 1. The highest BCUT2D eigenvalue weighted by molar-refractivity contribution is 7.98. The molecular formula is C31H37Cl2N3O4S2. The maximum atomic E-state index is 14.2. The number of hydrogen-bond acceptors (Lipinski definition) is 5. The van der Waals surface area contributed by atoms with E-state index in [0.29, 0.717) is 27.7 Å². The van der Waals surface area contributed by atoms with Crippen LogP contribution < -0.4 is 9.62 Å². The van der Waals surface area contributed by atoms with Gasteiger partial charge in [0.25, 0.3) is 10.0 Å². The Hall–Kier alpha value is -2.72.